The molecule has 0 saturated heterocycles. The van der Waals surface area contributed by atoms with Gasteiger partial charge in [-0.05, 0) is 36.4 Å². The van der Waals surface area contributed by atoms with Gasteiger partial charge in [0.1, 0.15) is 5.82 Å². The van der Waals surface area contributed by atoms with Crippen LogP contribution < -0.4 is 10.1 Å². The monoisotopic (exact) mass is 385 g/mol. The van der Waals surface area contributed by atoms with Crippen LogP contribution in [0.4, 0.5) is 8.78 Å². The maximum atomic E-state index is 14.5. The topological polar surface area (TPSA) is 41.5 Å². The highest BCUT2D eigenvalue weighted by Gasteiger charge is 2.35. The maximum absolute atomic E-state index is 14.5. The summed E-state index contributed by atoms with van der Waals surface area (Å²) in [7, 11) is 0. The molecule has 1 aliphatic heterocycles. The van der Waals surface area contributed by atoms with Crippen molar-refractivity contribution in [3.8, 4) is 5.75 Å². The minimum absolute atomic E-state index is 0.00938. The highest BCUT2D eigenvalue weighted by atomic mass is 35.5. The molecule has 7 heteroatoms. The summed E-state index contributed by atoms with van der Waals surface area (Å²) in [5, 5.41) is 12.4. The third-order valence-corrected chi connectivity index (χ3v) is 5.69. The Labute approximate surface area is 154 Å². The van der Waals surface area contributed by atoms with Crippen molar-refractivity contribution in [3.63, 3.8) is 0 Å². The van der Waals surface area contributed by atoms with Gasteiger partial charge in [-0.15, -0.1) is 11.8 Å². The zero-order valence-electron chi connectivity index (χ0n) is 13.3. The molecular weight excluding hydrogens is 368 g/mol. The summed E-state index contributed by atoms with van der Waals surface area (Å²) >= 11 is 7.38. The van der Waals surface area contributed by atoms with Crippen LogP contribution in [0.5, 0.6) is 5.75 Å². The summed E-state index contributed by atoms with van der Waals surface area (Å²) in [6.45, 7) is 1.26. The van der Waals surface area contributed by atoms with Gasteiger partial charge >= 0.3 is 0 Å². The summed E-state index contributed by atoms with van der Waals surface area (Å²) in [4.78, 5) is 0.915. The van der Waals surface area contributed by atoms with E-state index in [-0.39, 0.29) is 35.7 Å². The molecule has 0 bridgehead atoms. The van der Waals surface area contributed by atoms with Crippen LogP contribution in [0, 0.1) is 17.6 Å². The van der Waals surface area contributed by atoms with E-state index in [1.54, 1.807) is 12.1 Å². The van der Waals surface area contributed by atoms with Crippen LogP contribution >= 0.6 is 23.4 Å². The summed E-state index contributed by atoms with van der Waals surface area (Å²) in [5.41, 5.74) is 0.252. The van der Waals surface area contributed by atoms with Crippen LogP contribution in [0.25, 0.3) is 0 Å². The molecular formula is C18H18ClF2NO2S. The van der Waals surface area contributed by atoms with Crippen molar-refractivity contribution in [2.45, 2.75) is 10.1 Å². The molecule has 2 N–H and O–H groups in total. The summed E-state index contributed by atoms with van der Waals surface area (Å²) in [6, 6.07) is 9.48. The molecule has 2 aromatic carbocycles. The highest BCUT2D eigenvalue weighted by Crippen LogP contribution is 2.49. The van der Waals surface area contributed by atoms with Gasteiger partial charge in [0.15, 0.2) is 11.6 Å². The number of ether oxygens (including phenoxy) is 1. The quantitative estimate of drug-likeness (QED) is 0.736. The molecule has 2 atom stereocenters. The fourth-order valence-corrected chi connectivity index (χ4v) is 4.24. The van der Waals surface area contributed by atoms with E-state index in [1.165, 1.54) is 11.8 Å². The first kappa shape index (κ1) is 18.5. The van der Waals surface area contributed by atoms with Gasteiger partial charge in [-0.2, -0.15) is 0 Å². The Morgan fingerprint density at radius 1 is 1.16 bits per heavy atom. The second kappa shape index (κ2) is 8.36. The van der Waals surface area contributed by atoms with Crippen molar-refractivity contribution in [2.75, 3.05) is 26.3 Å². The van der Waals surface area contributed by atoms with Crippen LogP contribution in [0.1, 0.15) is 10.8 Å². The number of hydrogen-bond acceptors (Lipinski definition) is 4. The summed E-state index contributed by atoms with van der Waals surface area (Å²) < 4.78 is 34.1. The predicted octanol–water partition coefficient (Wildman–Crippen LogP) is 4.04. The Bertz CT molecular complexity index is 730. The van der Waals surface area contributed by atoms with Crippen LogP contribution in [-0.4, -0.2) is 31.4 Å². The van der Waals surface area contributed by atoms with Gasteiger partial charge in [-0.3, -0.25) is 0 Å². The number of thioether (sulfide) groups is 1. The van der Waals surface area contributed by atoms with Crippen molar-refractivity contribution in [1.29, 1.82) is 0 Å². The Balaban J connectivity index is 1.92. The first-order chi connectivity index (χ1) is 12.1. The molecule has 0 spiro atoms. The lowest BCUT2D eigenvalue weighted by Crippen LogP contribution is -2.35. The number of hydrogen-bond donors (Lipinski definition) is 2. The molecule has 0 radical (unpaired) electrons. The van der Waals surface area contributed by atoms with Crippen molar-refractivity contribution in [3.05, 3.63) is 58.6 Å². The van der Waals surface area contributed by atoms with Gasteiger partial charge in [0, 0.05) is 39.7 Å². The van der Waals surface area contributed by atoms with Crippen LogP contribution in [-0.2, 0) is 0 Å². The molecule has 1 aliphatic rings. The summed E-state index contributed by atoms with van der Waals surface area (Å²) in [5.74, 6) is -1.12. The number of halogens is 3. The molecule has 0 saturated carbocycles. The Hall–Kier alpha value is -1.34. The number of aliphatic hydroxyl groups is 1. The van der Waals surface area contributed by atoms with E-state index < -0.39 is 11.6 Å². The van der Waals surface area contributed by atoms with E-state index >= 15 is 0 Å². The molecule has 1 heterocycles. The van der Waals surface area contributed by atoms with Gasteiger partial charge in [0.25, 0.3) is 0 Å². The lowest BCUT2D eigenvalue weighted by atomic mass is 9.95. The molecule has 0 aliphatic carbocycles. The van der Waals surface area contributed by atoms with E-state index in [1.807, 2.05) is 12.1 Å². The van der Waals surface area contributed by atoms with Gasteiger partial charge in [0.05, 0.1) is 13.2 Å². The minimum Gasteiger partial charge on any atom is -0.490 e. The van der Waals surface area contributed by atoms with Crippen molar-refractivity contribution < 1.29 is 18.6 Å². The van der Waals surface area contributed by atoms with Crippen LogP contribution in [0.2, 0.25) is 5.02 Å². The second-order valence-electron chi connectivity index (χ2n) is 5.76. The Morgan fingerprint density at radius 2 is 1.88 bits per heavy atom. The SMILES string of the molecule is OCCNC[C@@H]1COc2c(F)ccc(F)c2[C@H]1Sc1ccc(Cl)cc1. The number of rotatable bonds is 6. The third-order valence-electron chi connectivity index (χ3n) is 4.02. The number of benzene rings is 2. The standard InChI is InChI=1S/C18H18ClF2NO2S/c19-12-1-3-13(4-2-12)25-18-11(9-22-7-8-23)10-24-17-15(21)6-5-14(20)16(17)18/h1-6,11,18,22-23H,7-10H2/t11-,18+/m1/s1. The largest absolute Gasteiger partial charge is 0.490 e. The first-order valence-corrected chi connectivity index (χ1v) is 9.20. The van der Waals surface area contributed by atoms with Crippen molar-refractivity contribution >= 4 is 23.4 Å². The molecule has 134 valence electrons. The van der Waals surface area contributed by atoms with Crippen molar-refractivity contribution in [2.24, 2.45) is 5.92 Å². The van der Waals surface area contributed by atoms with E-state index in [4.69, 9.17) is 21.4 Å². The maximum Gasteiger partial charge on any atom is 0.165 e. The van der Waals surface area contributed by atoms with E-state index in [0.717, 1.165) is 17.0 Å². The molecule has 3 nitrogen and oxygen atoms in total. The van der Waals surface area contributed by atoms with Crippen LogP contribution in [0.15, 0.2) is 41.3 Å². The molecule has 0 unspecified atom stereocenters. The first-order valence-electron chi connectivity index (χ1n) is 7.94. The van der Waals surface area contributed by atoms with Gasteiger partial charge < -0.3 is 15.2 Å². The molecule has 0 fully saturated rings. The molecule has 0 amide bonds. The van der Waals surface area contributed by atoms with E-state index in [2.05, 4.69) is 5.32 Å². The van der Waals surface area contributed by atoms with E-state index in [9.17, 15) is 8.78 Å². The summed E-state index contributed by atoms with van der Waals surface area (Å²) in [6.07, 6.45) is 0. The normalized spacial score (nSPS) is 19.4. The van der Waals surface area contributed by atoms with E-state index in [0.29, 0.717) is 18.1 Å². The molecule has 2 aromatic rings. The van der Waals surface area contributed by atoms with Crippen LogP contribution in [0.3, 0.4) is 0 Å². The average Bonchev–Trinajstić information content (AvgIpc) is 2.61. The zero-order chi connectivity index (χ0) is 17.8. The third kappa shape index (κ3) is 4.26. The van der Waals surface area contributed by atoms with Gasteiger partial charge in [-0.25, -0.2) is 8.78 Å². The van der Waals surface area contributed by atoms with Gasteiger partial charge in [0.2, 0.25) is 0 Å². The van der Waals surface area contributed by atoms with Crippen molar-refractivity contribution in [1.82, 2.24) is 5.32 Å². The average molecular weight is 386 g/mol. The molecule has 25 heavy (non-hydrogen) atoms. The fourth-order valence-electron chi connectivity index (χ4n) is 2.82. The second-order valence-corrected chi connectivity index (χ2v) is 7.41. The lowest BCUT2D eigenvalue weighted by Gasteiger charge is -2.34. The fraction of sp³-hybridized carbons (Fsp3) is 0.333. The number of fused-ring (bicyclic) bond motifs is 1. The number of nitrogens with one attached hydrogen (secondary N) is 1. The Morgan fingerprint density at radius 3 is 2.60 bits per heavy atom. The highest BCUT2D eigenvalue weighted by molar-refractivity contribution is 7.99. The minimum atomic E-state index is -0.556. The number of aliphatic hydroxyl groups excluding tert-OH is 1. The van der Waals surface area contributed by atoms with Gasteiger partial charge in [-0.1, -0.05) is 11.6 Å². The Kier molecular flexibility index (Phi) is 6.17. The molecule has 0 aromatic heterocycles. The molecule has 3 rings (SSSR count). The smallest absolute Gasteiger partial charge is 0.165 e. The zero-order valence-corrected chi connectivity index (χ0v) is 14.9. The lowest BCUT2D eigenvalue weighted by molar-refractivity contribution is 0.199. The predicted molar refractivity (Wildman–Crippen MR) is 95.3 cm³/mol.